The van der Waals surface area contributed by atoms with E-state index in [4.69, 9.17) is 0 Å². The van der Waals surface area contributed by atoms with E-state index < -0.39 is 0 Å². The molecule has 2 aromatic heterocycles. The molecule has 0 bridgehead atoms. The molecule has 4 nitrogen and oxygen atoms in total. The number of aromatic nitrogens is 4. The van der Waals surface area contributed by atoms with Gasteiger partial charge in [-0.25, -0.2) is 14.5 Å². The predicted octanol–water partition coefficient (Wildman–Crippen LogP) is 3.02. The summed E-state index contributed by atoms with van der Waals surface area (Å²) in [6, 6.07) is 6.35. The second kappa shape index (κ2) is 4.16. The van der Waals surface area contributed by atoms with E-state index in [1.807, 2.05) is 20.0 Å². The number of hydrogen-bond acceptors (Lipinski definition) is 3. The van der Waals surface area contributed by atoms with E-state index in [1.165, 1.54) is 11.1 Å². The molecule has 3 rings (SSSR count). The molecular weight excluding hydrogens is 236 g/mol. The van der Waals surface area contributed by atoms with Crippen molar-refractivity contribution in [2.45, 2.75) is 27.7 Å². The molecule has 0 N–H and O–H groups in total. The zero-order valence-corrected chi connectivity index (χ0v) is 11.6. The fourth-order valence-electron chi connectivity index (χ4n) is 2.02. The molecule has 2 heterocycles. The van der Waals surface area contributed by atoms with E-state index in [0.717, 1.165) is 22.6 Å². The molecule has 96 valence electrons. The van der Waals surface area contributed by atoms with Crippen LogP contribution in [0.25, 0.3) is 17.0 Å². The molecule has 0 saturated carbocycles. The normalized spacial score (nSPS) is 11.2. The lowest BCUT2D eigenvalue weighted by Crippen LogP contribution is -1.99. The van der Waals surface area contributed by atoms with Gasteiger partial charge in [0, 0.05) is 5.56 Å². The summed E-state index contributed by atoms with van der Waals surface area (Å²) < 4.78 is 1.74. The van der Waals surface area contributed by atoms with E-state index >= 15 is 0 Å². The topological polar surface area (TPSA) is 43.1 Å². The van der Waals surface area contributed by atoms with Crippen molar-refractivity contribution in [2.24, 2.45) is 0 Å². The summed E-state index contributed by atoms with van der Waals surface area (Å²) >= 11 is 0. The monoisotopic (exact) mass is 252 g/mol. The molecule has 19 heavy (non-hydrogen) atoms. The minimum absolute atomic E-state index is 0.649. The molecule has 4 heteroatoms. The van der Waals surface area contributed by atoms with Gasteiger partial charge in [0.1, 0.15) is 0 Å². The summed E-state index contributed by atoms with van der Waals surface area (Å²) in [5.74, 6) is 0.649. The second-order valence-corrected chi connectivity index (χ2v) is 4.95. The fraction of sp³-hybridized carbons (Fsp3) is 0.267. The summed E-state index contributed by atoms with van der Waals surface area (Å²) in [7, 11) is 0. The second-order valence-electron chi connectivity index (χ2n) is 4.95. The van der Waals surface area contributed by atoms with Gasteiger partial charge in [0.15, 0.2) is 0 Å². The quantitative estimate of drug-likeness (QED) is 0.668. The first kappa shape index (κ1) is 11.8. The summed E-state index contributed by atoms with van der Waals surface area (Å²) in [6.45, 7) is 8.13. The van der Waals surface area contributed by atoms with Gasteiger partial charge in [0.05, 0.1) is 23.3 Å². The van der Waals surface area contributed by atoms with Crippen LogP contribution in [0.2, 0.25) is 0 Å². The number of fused-ring (bicyclic) bond motifs is 1. The average molecular weight is 252 g/mol. The van der Waals surface area contributed by atoms with Gasteiger partial charge in [-0.15, -0.1) is 0 Å². The van der Waals surface area contributed by atoms with Crippen LogP contribution in [0.3, 0.4) is 0 Å². The van der Waals surface area contributed by atoms with Gasteiger partial charge >= 0.3 is 0 Å². The Kier molecular flexibility index (Phi) is 2.59. The van der Waals surface area contributed by atoms with Crippen LogP contribution in [0.1, 0.15) is 22.5 Å². The number of benzene rings is 1. The highest BCUT2D eigenvalue weighted by atomic mass is 15.3. The van der Waals surface area contributed by atoms with Crippen LogP contribution in [0.15, 0.2) is 24.4 Å². The van der Waals surface area contributed by atoms with E-state index in [-0.39, 0.29) is 0 Å². The van der Waals surface area contributed by atoms with Crippen LogP contribution in [0, 0.1) is 27.7 Å². The molecule has 0 spiro atoms. The zero-order chi connectivity index (χ0) is 13.6. The van der Waals surface area contributed by atoms with Crippen molar-refractivity contribution in [3.05, 3.63) is 46.9 Å². The third kappa shape index (κ3) is 1.99. The molecule has 0 unspecified atom stereocenters. The molecule has 1 aromatic carbocycles. The lowest BCUT2D eigenvalue weighted by molar-refractivity contribution is 0.849. The molecule has 0 radical (unpaired) electrons. The van der Waals surface area contributed by atoms with Gasteiger partial charge in [-0.05, 0) is 44.9 Å². The van der Waals surface area contributed by atoms with Crippen molar-refractivity contribution in [3.8, 4) is 11.3 Å². The SMILES string of the molecule is Cc1ccc(-c2cn3nc(C)c(C)nc3n2)cc1C. The highest BCUT2D eigenvalue weighted by Crippen LogP contribution is 2.21. The van der Waals surface area contributed by atoms with E-state index in [0.29, 0.717) is 5.78 Å². The fourth-order valence-corrected chi connectivity index (χ4v) is 2.02. The van der Waals surface area contributed by atoms with Gasteiger partial charge in [-0.3, -0.25) is 0 Å². The Labute approximate surface area is 112 Å². The molecule has 3 aromatic rings. The van der Waals surface area contributed by atoms with Crippen molar-refractivity contribution < 1.29 is 0 Å². The molecule has 0 fully saturated rings. The largest absolute Gasteiger partial charge is 0.251 e. The minimum Gasteiger partial charge on any atom is -0.215 e. The smallest absolute Gasteiger partial charge is 0.215 e. The van der Waals surface area contributed by atoms with Crippen LogP contribution < -0.4 is 0 Å². The van der Waals surface area contributed by atoms with E-state index in [9.17, 15) is 0 Å². The Morgan fingerprint density at radius 1 is 0.895 bits per heavy atom. The van der Waals surface area contributed by atoms with E-state index in [1.54, 1.807) is 4.52 Å². The third-order valence-electron chi connectivity index (χ3n) is 3.52. The Bertz CT molecular complexity index is 732. The lowest BCUT2D eigenvalue weighted by Gasteiger charge is -2.01. The van der Waals surface area contributed by atoms with Crippen LogP contribution in [-0.4, -0.2) is 19.6 Å². The van der Waals surface area contributed by atoms with Gasteiger partial charge in [0.25, 0.3) is 5.78 Å². The molecule has 0 atom stereocenters. The van der Waals surface area contributed by atoms with Gasteiger partial charge in [0.2, 0.25) is 0 Å². The Morgan fingerprint density at radius 3 is 2.42 bits per heavy atom. The van der Waals surface area contributed by atoms with Crippen molar-refractivity contribution in [1.29, 1.82) is 0 Å². The molecular formula is C15H16N4. The number of aryl methyl sites for hydroxylation is 4. The minimum atomic E-state index is 0.649. The van der Waals surface area contributed by atoms with Gasteiger partial charge in [-0.1, -0.05) is 12.1 Å². The number of hydrogen-bond donors (Lipinski definition) is 0. The molecule has 0 amide bonds. The van der Waals surface area contributed by atoms with Crippen molar-refractivity contribution in [2.75, 3.05) is 0 Å². The molecule has 0 aliphatic rings. The first-order valence-corrected chi connectivity index (χ1v) is 6.33. The Balaban J connectivity index is 2.17. The highest BCUT2D eigenvalue weighted by Gasteiger charge is 2.08. The number of imidazole rings is 1. The van der Waals surface area contributed by atoms with Gasteiger partial charge < -0.3 is 0 Å². The maximum absolute atomic E-state index is 4.55. The maximum atomic E-state index is 4.55. The summed E-state index contributed by atoms with van der Waals surface area (Å²) in [5.41, 5.74) is 6.42. The third-order valence-corrected chi connectivity index (χ3v) is 3.52. The number of nitrogens with zero attached hydrogens (tertiary/aromatic N) is 4. The Morgan fingerprint density at radius 2 is 1.68 bits per heavy atom. The highest BCUT2D eigenvalue weighted by molar-refractivity contribution is 5.62. The summed E-state index contributed by atoms with van der Waals surface area (Å²) in [6.07, 6.45) is 1.93. The van der Waals surface area contributed by atoms with Crippen LogP contribution in [0.4, 0.5) is 0 Å². The first-order chi connectivity index (χ1) is 9.04. The van der Waals surface area contributed by atoms with E-state index in [2.05, 4.69) is 47.1 Å². The Hall–Kier alpha value is -2.23. The van der Waals surface area contributed by atoms with Crippen molar-refractivity contribution >= 4 is 5.78 Å². The molecule has 0 saturated heterocycles. The standard InChI is InChI=1S/C15H16N4/c1-9-5-6-13(7-10(9)2)14-8-19-15(17-14)16-11(3)12(4)18-19/h5-8H,1-4H3. The lowest BCUT2D eigenvalue weighted by atomic mass is 10.1. The summed E-state index contributed by atoms with van der Waals surface area (Å²) in [5, 5.41) is 4.45. The predicted molar refractivity (Wildman–Crippen MR) is 75.2 cm³/mol. The number of rotatable bonds is 1. The van der Waals surface area contributed by atoms with Crippen LogP contribution in [-0.2, 0) is 0 Å². The first-order valence-electron chi connectivity index (χ1n) is 6.33. The van der Waals surface area contributed by atoms with Crippen molar-refractivity contribution in [3.63, 3.8) is 0 Å². The molecule has 0 aliphatic heterocycles. The maximum Gasteiger partial charge on any atom is 0.251 e. The van der Waals surface area contributed by atoms with Crippen LogP contribution in [0.5, 0.6) is 0 Å². The molecule has 0 aliphatic carbocycles. The van der Waals surface area contributed by atoms with Gasteiger partial charge in [-0.2, -0.15) is 5.10 Å². The van der Waals surface area contributed by atoms with Crippen LogP contribution >= 0.6 is 0 Å². The average Bonchev–Trinajstić information content (AvgIpc) is 2.76. The summed E-state index contributed by atoms with van der Waals surface area (Å²) in [4.78, 5) is 9.00. The van der Waals surface area contributed by atoms with Crippen molar-refractivity contribution in [1.82, 2.24) is 19.6 Å². The zero-order valence-electron chi connectivity index (χ0n) is 11.6.